The molecule has 4 nitrogen and oxygen atoms in total. The number of ether oxygens (including phenoxy) is 2. The van der Waals surface area contributed by atoms with Gasteiger partial charge in [0.25, 0.3) is 13.4 Å². The van der Waals surface area contributed by atoms with Gasteiger partial charge in [0.15, 0.2) is 0 Å². The number of anilines is 6. The smallest absolute Gasteiger partial charge is 0.256 e. The van der Waals surface area contributed by atoms with E-state index in [2.05, 4.69) is 197 Å². The van der Waals surface area contributed by atoms with Gasteiger partial charge in [-0.15, -0.1) is 0 Å². The zero-order valence-corrected chi connectivity index (χ0v) is 32.7. The van der Waals surface area contributed by atoms with E-state index in [4.69, 9.17) is 9.47 Å². The summed E-state index contributed by atoms with van der Waals surface area (Å²) in [6.07, 6.45) is 0. The summed E-state index contributed by atoms with van der Waals surface area (Å²) in [5, 5.41) is 0. The first-order valence-corrected chi connectivity index (χ1v) is 19.8. The molecule has 6 heteroatoms. The summed E-state index contributed by atoms with van der Waals surface area (Å²) >= 11 is 0. The van der Waals surface area contributed by atoms with Crippen molar-refractivity contribution in [3.05, 3.63) is 157 Å². The number of nitrogens with zero attached hydrogens (tertiary/aromatic N) is 2. The summed E-state index contributed by atoms with van der Waals surface area (Å²) in [5.41, 5.74) is 16.6. The highest BCUT2D eigenvalue weighted by atomic mass is 16.5. The van der Waals surface area contributed by atoms with Crippen LogP contribution in [0.3, 0.4) is 0 Å². The molecule has 0 aliphatic carbocycles. The van der Waals surface area contributed by atoms with E-state index in [-0.39, 0.29) is 24.3 Å². The molecule has 56 heavy (non-hydrogen) atoms. The molecule has 0 bridgehead atoms. The normalized spacial score (nSPS) is 14.4. The lowest BCUT2D eigenvalue weighted by molar-refractivity contribution is 0.462. The summed E-state index contributed by atoms with van der Waals surface area (Å²) in [6.45, 7) is 13.6. The van der Waals surface area contributed by atoms with Gasteiger partial charge < -0.3 is 19.3 Å². The summed E-state index contributed by atoms with van der Waals surface area (Å²) in [6, 6.07) is 53.3. The number of hydrogen-bond donors (Lipinski definition) is 0. The second-order valence-electron chi connectivity index (χ2n) is 17.8. The van der Waals surface area contributed by atoms with Crippen molar-refractivity contribution in [2.45, 2.75) is 52.4 Å². The summed E-state index contributed by atoms with van der Waals surface area (Å²) in [7, 11) is 0. The van der Waals surface area contributed by atoms with Crippen LogP contribution in [0, 0.1) is 0 Å². The molecule has 0 radical (unpaired) electrons. The third-order valence-electron chi connectivity index (χ3n) is 12.2. The van der Waals surface area contributed by atoms with E-state index in [1.54, 1.807) is 0 Å². The molecular formula is C50H42B2N2O2. The molecule has 0 spiro atoms. The predicted molar refractivity (Wildman–Crippen MR) is 236 cm³/mol. The molecule has 0 aromatic heterocycles. The summed E-state index contributed by atoms with van der Waals surface area (Å²) < 4.78 is 14.3. The molecule has 7 aromatic rings. The van der Waals surface area contributed by atoms with Gasteiger partial charge in [0.05, 0.1) is 0 Å². The van der Waals surface area contributed by atoms with Crippen molar-refractivity contribution in [1.82, 2.24) is 0 Å². The fraction of sp³-hybridized carbons (Fsp3) is 0.160. The van der Waals surface area contributed by atoms with Crippen LogP contribution in [0.4, 0.5) is 34.1 Å². The topological polar surface area (TPSA) is 24.9 Å². The van der Waals surface area contributed by atoms with E-state index in [0.29, 0.717) is 0 Å². The highest BCUT2D eigenvalue weighted by Crippen LogP contribution is 2.46. The molecule has 4 heterocycles. The van der Waals surface area contributed by atoms with Crippen LogP contribution in [0.2, 0.25) is 0 Å². The molecule has 0 fully saturated rings. The minimum absolute atomic E-state index is 0.0250. The summed E-state index contributed by atoms with van der Waals surface area (Å²) in [4.78, 5) is 4.86. The second-order valence-corrected chi connectivity index (χ2v) is 17.8. The molecule has 7 aromatic carbocycles. The average molecular weight is 725 g/mol. The van der Waals surface area contributed by atoms with Crippen LogP contribution in [-0.4, -0.2) is 13.4 Å². The van der Waals surface area contributed by atoms with Crippen LogP contribution in [0.15, 0.2) is 146 Å². The SMILES string of the molecule is CC(C)(C)c1cc2c3c(c1)N(c1ccccc1)c1ccccc1B3c1cc3c(cc1O2)Oc1cc(C(C)(C)C)cc2c1B3c1ccccc1N2c1ccccc1. The lowest BCUT2D eigenvalue weighted by Gasteiger charge is -2.43. The Morgan fingerprint density at radius 2 is 0.768 bits per heavy atom. The third kappa shape index (κ3) is 4.81. The van der Waals surface area contributed by atoms with Crippen molar-refractivity contribution in [2.75, 3.05) is 9.80 Å². The zero-order chi connectivity index (χ0) is 38.1. The van der Waals surface area contributed by atoms with Crippen molar-refractivity contribution in [2.24, 2.45) is 0 Å². The number of benzene rings is 7. The van der Waals surface area contributed by atoms with Gasteiger partial charge in [-0.25, -0.2) is 0 Å². The van der Waals surface area contributed by atoms with E-state index in [0.717, 1.165) is 34.4 Å². The van der Waals surface area contributed by atoms with Crippen LogP contribution < -0.4 is 52.1 Å². The van der Waals surface area contributed by atoms with Crippen molar-refractivity contribution in [3.63, 3.8) is 0 Å². The maximum absolute atomic E-state index is 7.13. The minimum Gasteiger partial charge on any atom is -0.458 e. The molecule has 0 saturated carbocycles. The number of rotatable bonds is 2. The van der Waals surface area contributed by atoms with Gasteiger partial charge in [-0.05, 0) is 115 Å². The van der Waals surface area contributed by atoms with E-state index >= 15 is 0 Å². The first-order valence-electron chi connectivity index (χ1n) is 19.8. The maximum Gasteiger partial charge on any atom is 0.256 e. The molecule has 0 saturated heterocycles. The Bertz CT molecular complexity index is 2560. The number of fused-ring (bicyclic) bond motifs is 8. The van der Waals surface area contributed by atoms with Crippen molar-refractivity contribution < 1.29 is 9.47 Å². The quantitative estimate of drug-likeness (QED) is 0.166. The largest absolute Gasteiger partial charge is 0.458 e. The number of para-hydroxylation sites is 4. The minimum atomic E-state index is -0.0862. The van der Waals surface area contributed by atoms with Crippen LogP contribution >= 0.6 is 0 Å². The Labute approximate surface area is 330 Å². The van der Waals surface area contributed by atoms with Crippen molar-refractivity contribution in [3.8, 4) is 23.0 Å². The Morgan fingerprint density at radius 3 is 1.18 bits per heavy atom. The zero-order valence-electron chi connectivity index (χ0n) is 32.7. The van der Waals surface area contributed by atoms with Crippen molar-refractivity contribution in [1.29, 1.82) is 0 Å². The molecule has 0 atom stereocenters. The Kier molecular flexibility index (Phi) is 6.94. The van der Waals surface area contributed by atoms with Crippen LogP contribution in [0.25, 0.3) is 0 Å². The van der Waals surface area contributed by atoms with E-state index in [9.17, 15) is 0 Å². The molecule has 11 rings (SSSR count). The fourth-order valence-corrected chi connectivity index (χ4v) is 9.47. The highest BCUT2D eigenvalue weighted by Gasteiger charge is 2.47. The molecule has 0 N–H and O–H groups in total. The first-order chi connectivity index (χ1) is 27.0. The first kappa shape index (κ1) is 33.2. The lowest BCUT2D eigenvalue weighted by atomic mass is 9.31. The maximum atomic E-state index is 7.13. The van der Waals surface area contributed by atoms with Crippen LogP contribution in [-0.2, 0) is 10.8 Å². The molecular weight excluding hydrogens is 682 g/mol. The molecule has 0 unspecified atom stereocenters. The van der Waals surface area contributed by atoms with E-state index < -0.39 is 0 Å². The molecule has 4 aliphatic rings. The van der Waals surface area contributed by atoms with Gasteiger partial charge in [-0.2, -0.15) is 0 Å². The van der Waals surface area contributed by atoms with Gasteiger partial charge in [0, 0.05) is 40.2 Å². The Hall–Kier alpha value is -6.13. The van der Waals surface area contributed by atoms with E-state index in [1.807, 2.05) is 0 Å². The third-order valence-corrected chi connectivity index (χ3v) is 12.2. The van der Waals surface area contributed by atoms with E-state index in [1.165, 1.54) is 66.7 Å². The second kappa shape index (κ2) is 11.7. The molecule has 270 valence electrons. The standard InChI is InChI=1S/C50H42B2N2O2/c1-49(2,3)31-25-41-47-45(27-31)55-43-30-44-38(29-37(43)51(47)35-21-13-15-23-39(35)53(41)33-17-9-7-10-18-33)52-36-22-14-16-24-40(36)54(34-19-11-8-12-20-34)42-26-32(50(4,5)6)28-46(56-44)48(42)52/h7-30H,1-6H3. The van der Waals surface area contributed by atoms with Gasteiger partial charge in [0.2, 0.25) is 0 Å². The van der Waals surface area contributed by atoms with Gasteiger partial charge in [-0.1, -0.05) is 120 Å². The van der Waals surface area contributed by atoms with Gasteiger partial charge in [-0.3, -0.25) is 0 Å². The molecule has 4 aliphatic heterocycles. The average Bonchev–Trinajstić information content (AvgIpc) is 3.19. The number of hydrogen-bond acceptors (Lipinski definition) is 4. The Morgan fingerprint density at radius 1 is 0.375 bits per heavy atom. The molecule has 0 amide bonds. The predicted octanol–water partition coefficient (Wildman–Crippen LogP) is 9.09. The van der Waals surface area contributed by atoms with Crippen LogP contribution in [0.5, 0.6) is 23.0 Å². The monoisotopic (exact) mass is 724 g/mol. The Balaban J connectivity index is 1.17. The van der Waals surface area contributed by atoms with Gasteiger partial charge >= 0.3 is 0 Å². The lowest BCUT2D eigenvalue weighted by Crippen LogP contribution is -2.63. The highest BCUT2D eigenvalue weighted by molar-refractivity contribution is 7.02. The van der Waals surface area contributed by atoms with Gasteiger partial charge in [0.1, 0.15) is 23.0 Å². The van der Waals surface area contributed by atoms with Crippen molar-refractivity contribution >= 4 is 80.3 Å². The van der Waals surface area contributed by atoms with Crippen LogP contribution in [0.1, 0.15) is 52.7 Å². The summed E-state index contributed by atoms with van der Waals surface area (Å²) in [5.74, 6) is 3.53. The fourth-order valence-electron chi connectivity index (χ4n) is 9.47.